The highest BCUT2D eigenvalue weighted by Crippen LogP contribution is 2.08. The quantitative estimate of drug-likeness (QED) is 0.440. The van der Waals surface area contributed by atoms with E-state index in [4.69, 9.17) is 4.74 Å². The molecule has 1 rings (SSSR count). The minimum Gasteiger partial charge on any atom is -0.380 e. The van der Waals surface area contributed by atoms with Crippen LogP contribution in [0.25, 0.3) is 0 Å². The van der Waals surface area contributed by atoms with Crippen LogP contribution in [0.1, 0.15) is 25.3 Å². The third kappa shape index (κ3) is 7.04. The van der Waals surface area contributed by atoms with Gasteiger partial charge in [0.25, 0.3) is 0 Å². The summed E-state index contributed by atoms with van der Waals surface area (Å²) in [5, 5.41) is 5.98. The summed E-state index contributed by atoms with van der Waals surface area (Å²) >= 11 is 0. The Hall–Kier alpha value is -1.69. The molecule has 2 N–H and O–H groups in total. The van der Waals surface area contributed by atoms with Crippen molar-refractivity contribution in [2.75, 3.05) is 26.8 Å². The molecule has 0 aliphatic rings. The first-order valence-electron chi connectivity index (χ1n) is 7.13. The number of benzene rings is 1. The molecule has 0 heterocycles. The van der Waals surface area contributed by atoms with Gasteiger partial charge in [0.1, 0.15) is 11.6 Å². The molecule has 0 radical (unpaired) electrons. The van der Waals surface area contributed by atoms with E-state index in [0.717, 1.165) is 31.6 Å². The molecule has 0 spiro atoms. The van der Waals surface area contributed by atoms with Crippen molar-refractivity contribution >= 4 is 5.96 Å². The first-order chi connectivity index (χ1) is 10.2. The Kier molecular flexibility index (Phi) is 8.35. The number of halogens is 2. The molecule has 1 aromatic carbocycles. The first-order valence-corrected chi connectivity index (χ1v) is 7.13. The fourth-order valence-electron chi connectivity index (χ4n) is 1.67. The second kappa shape index (κ2) is 10.1. The lowest BCUT2D eigenvalue weighted by Gasteiger charge is -2.12. The van der Waals surface area contributed by atoms with Gasteiger partial charge in [0.05, 0.1) is 6.61 Å². The number of hydrogen-bond donors (Lipinski definition) is 2. The van der Waals surface area contributed by atoms with Gasteiger partial charge in [-0.15, -0.1) is 0 Å². The zero-order valence-corrected chi connectivity index (χ0v) is 12.6. The standard InChI is InChI=1S/C15H23F2N3O/c1-3-4-8-21-9-7-19-15(18-2)20-11-12-10-13(16)5-6-14(12)17/h5-6,10H,3-4,7-9,11H2,1-2H3,(H2,18,19,20). The third-order valence-corrected chi connectivity index (χ3v) is 2.86. The third-order valence-electron chi connectivity index (χ3n) is 2.86. The van der Waals surface area contributed by atoms with Gasteiger partial charge in [-0.2, -0.15) is 0 Å². The average Bonchev–Trinajstić information content (AvgIpc) is 2.49. The van der Waals surface area contributed by atoms with Gasteiger partial charge in [-0.05, 0) is 24.6 Å². The molecule has 0 saturated carbocycles. The van der Waals surface area contributed by atoms with E-state index < -0.39 is 11.6 Å². The summed E-state index contributed by atoms with van der Waals surface area (Å²) in [6, 6.07) is 3.38. The van der Waals surface area contributed by atoms with Crippen LogP contribution in [0.5, 0.6) is 0 Å². The lowest BCUT2D eigenvalue weighted by atomic mass is 10.2. The number of ether oxygens (including phenoxy) is 1. The fraction of sp³-hybridized carbons (Fsp3) is 0.533. The normalized spacial score (nSPS) is 11.5. The van der Waals surface area contributed by atoms with Crippen molar-refractivity contribution in [1.29, 1.82) is 0 Å². The summed E-state index contributed by atoms with van der Waals surface area (Å²) < 4.78 is 31.9. The second-order valence-electron chi connectivity index (χ2n) is 4.55. The van der Waals surface area contributed by atoms with Crippen molar-refractivity contribution in [2.45, 2.75) is 26.3 Å². The molecule has 0 aliphatic carbocycles. The lowest BCUT2D eigenvalue weighted by molar-refractivity contribution is 0.136. The summed E-state index contributed by atoms with van der Waals surface area (Å²) in [5.41, 5.74) is 0.261. The lowest BCUT2D eigenvalue weighted by Crippen LogP contribution is -2.38. The molecule has 1 aromatic rings. The minimum absolute atomic E-state index is 0.167. The van der Waals surface area contributed by atoms with Crippen LogP contribution in [-0.4, -0.2) is 32.8 Å². The van der Waals surface area contributed by atoms with Crippen LogP contribution < -0.4 is 10.6 Å². The molecule has 0 unspecified atom stereocenters. The number of unbranched alkanes of at least 4 members (excludes halogenated alkanes) is 1. The summed E-state index contributed by atoms with van der Waals surface area (Å²) in [6.45, 7) is 4.21. The average molecular weight is 299 g/mol. The van der Waals surface area contributed by atoms with Gasteiger partial charge in [-0.25, -0.2) is 8.78 Å². The van der Waals surface area contributed by atoms with E-state index in [0.29, 0.717) is 19.1 Å². The van der Waals surface area contributed by atoms with Gasteiger partial charge in [0.15, 0.2) is 5.96 Å². The van der Waals surface area contributed by atoms with E-state index in [2.05, 4.69) is 22.5 Å². The van der Waals surface area contributed by atoms with Crippen molar-refractivity contribution < 1.29 is 13.5 Å². The Labute approximate surface area is 124 Å². The predicted octanol–water partition coefficient (Wildman–Crippen LogP) is 2.45. The van der Waals surface area contributed by atoms with Crippen molar-refractivity contribution in [3.63, 3.8) is 0 Å². The van der Waals surface area contributed by atoms with Crippen molar-refractivity contribution in [2.24, 2.45) is 4.99 Å². The minimum atomic E-state index is -0.458. The molecular formula is C15H23F2N3O. The highest BCUT2D eigenvalue weighted by Gasteiger charge is 2.05. The first kappa shape index (κ1) is 17.4. The van der Waals surface area contributed by atoms with Crippen molar-refractivity contribution in [3.8, 4) is 0 Å². The van der Waals surface area contributed by atoms with E-state index >= 15 is 0 Å². The van der Waals surface area contributed by atoms with Gasteiger partial charge < -0.3 is 15.4 Å². The largest absolute Gasteiger partial charge is 0.380 e. The molecule has 0 saturated heterocycles. The van der Waals surface area contributed by atoms with Crippen LogP contribution >= 0.6 is 0 Å². The predicted molar refractivity (Wildman–Crippen MR) is 80.3 cm³/mol. The van der Waals surface area contributed by atoms with Crippen molar-refractivity contribution in [3.05, 3.63) is 35.4 Å². The highest BCUT2D eigenvalue weighted by atomic mass is 19.1. The van der Waals surface area contributed by atoms with E-state index in [1.54, 1.807) is 7.05 Å². The Morgan fingerprint density at radius 3 is 2.76 bits per heavy atom. The molecule has 4 nitrogen and oxygen atoms in total. The topological polar surface area (TPSA) is 45.6 Å². The monoisotopic (exact) mass is 299 g/mol. The van der Waals surface area contributed by atoms with Crippen LogP contribution in [0.2, 0.25) is 0 Å². The Balaban J connectivity index is 2.30. The Morgan fingerprint density at radius 1 is 1.24 bits per heavy atom. The van der Waals surface area contributed by atoms with Crippen LogP contribution in [0.15, 0.2) is 23.2 Å². The molecule has 0 fully saturated rings. The number of hydrogen-bond acceptors (Lipinski definition) is 2. The molecular weight excluding hydrogens is 276 g/mol. The SMILES string of the molecule is CCCCOCCNC(=NC)NCc1cc(F)ccc1F. The van der Waals surface area contributed by atoms with Crippen molar-refractivity contribution in [1.82, 2.24) is 10.6 Å². The van der Waals surface area contributed by atoms with Gasteiger partial charge >= 0.3 is 0 Å². The summed E-state index contributed by atoms with van der Waals surface area (Å²) in [6.07, 6.45) is 2.15. The van der Waals surface area contributed by atoms with E-state index in [-0.39, 0.29) is 12.1 Å². The number of aliphatic imine (C=N–C) groups is 1. The molecule has 0 bridgehead atoms. The summed E-state index contributed by atoms with van der Waals surface area (Å²) in [4.78, 5) is 4.01. The summed E-state index contributed by atoms with van der Waals surface area (Å²) in [7, 11) is 1.62. The maximum Gasteiger partial charge on any atom is 0.191 e. The molecule has 0 aromatic heterocycles. The Bertz CT molecular complexity index is 453. The molecule has 0 amide bonds. The number of rotatable bonds is 8. The van der Waals surface area contributed by atoms with Gasteiger partial charge in [0, 0.05) is 32.3 Å². The second-order valence-corrected chi connectivity index (χ2v) is 4.55. The molecule has 0 aliphatic heterocycles. The van der Waals surface area contributed by atoms with Gasteiger partial charge in [-0.1, -0.05) is 13.3 Å². The fourth-order valence-corrected chi connectivity index (χ4v) is 1.67. The number of nitrogens with one attached hydrogen (secondary N) is 2. The molecule has 0 atom stereocenters. The maximum absolute atomic E-state index is 13.5. The molecule has 21 heavy (non-hydrogen) atoms. The number of guanidine groups is 1. The van der Waals surface area contributed by atoms with E-state index in [1.165, 1.54) is 6.07 Å². The zero-order chi connectivity index (χ0) is 15.5. The van der Waals surface area contributed by atoms with Crippen LogP contribution in [0.3, 0.4) is 0 Å². The molecule has 118 valence electrons. The van der Waals surface area contributed by atoms with Gasteiger partial charge in [0.2, 0.25) is 0 Å². The smallest absolute Gasteiger partial charge is 0.191 e. The molecule has 6 heteroatoms. The van der Waals surface area contributed by atoms with E-state index in [9.17, 15) is 8.78 Å². The van der Waals surface area contributed by atoms with Crippen LogP contribution in [0.4, 0.5) is 8.78 Å². The Morgan fingerprint density at radius 2 is 2.05 bits per heavy atom. The summed E-state index contributed by atoms with van der Waals surface area (Å²) in [5.74, 6) is -0.375. The maximum atomic E-state index is 13.5. The van der Waals surface area contributed by atoms with Gasteiger partial charge in [-0.3, -0.25) is 4.99 Å². The highest BCUT2D eigenvalue weighted by molar-refractivity contribution is 5.79. The zero-order valence-electron chi connectivity index (χ0n) is 12.6. The number of nitrogens with zero attached hydrogens (tertiary/aromatic N) is 1. The van der Waals surface area contributed by atoms with E-state index in [1.807, 2.05) is 0 Å². The van der Waals surface area contributed by atoms with Crippen LogP contribution in [0, 0.1) is 11.6 Å². The van der Waals surface area contributed by atoms with Crippen LogP contribution in [-0.2, 0) is 11.3 Å².